The minimum absolute atomic E-state index is 0.0149. The molecule has 9 aromatic heterocycles. The maximum atomic E-state index is 13.3. The van der Waals surface area contributed by atoms with Gasteiger partial charge in [0.2, 0.25) is 11.9 Å². The maximum Gasteiger partial charge on any atom is 0.434 e. The number of sulfone groups is 1. The largest absolute Gasteiger partial charge is 0.434 e. The zero-order valence-corrected chi connectivity index (χ0v) is 87.5. The molecule has 10 aliphatic rings. The molecule has 796 valence electrons. The van der Waals surface area contributed by atoms with Gasteiger partial charge in [0.15, 0.2) is 72.4 Å². The van der Waals surface area contributed by atoms with Crippen LogP contribution in [-0.2, 0) is 39.3 Å². The van der Waals surface area contributed by atoms with Crippen LogP contribution >= 0.6 is 82.0 Å². The number of rotatable bonds is 16. The number of nitrogens with zero attached hydrogens (tertiary/aromatic N) is 20. The summed E-state index contributed by atoms with van der Waals surface area (Å²) in [6.07, 6.45) is 12.2. The molecule has 0 bridgehead atoms. The Morgan fingerprint density at radius 2 is 0.811 bits per heavy atom. The number of anilines is 10. The highest BCUT2D eigenvalue weighted by atomic mass is 35.5. The molecule has 5 spiro atoms. The van der Waals surface area contributed by atoms with Crippen molar-refractivity contribution < 1.29 is 70.6 Å². The molecule has 7 saturated heterocycles. The number of hydrogen-bond donors (Lipinski definition) is 8. The summed E-state index contributed by atoms with van der Waals surface area (Å²) < 4.78 is 189. The summed E-state index contributed by atoms with van der Waals surface area (Å²) in [4.78, 5) is 76.2. The second kappa shape index (κ2) is 45.5. The van der Waals surface area contributed by atoms with Crippen molar-refractivity contribution in [2.24, 2.45) is 51.2 Å². The molecule has 32 nitrogen and oxygen atoms in total. The predicted octanol–water partition coefficient (Wildman–Crippen LogP) is 19.3. The number of halogens is 14. The van der Waals surface area contributed by atoms with E-state index in [1.165, 1.54) is 105 Å². The summed E-state index contributed by atoms with van der Waals surface area (Å²) in [7, 11) is -3.04. The number of aromatic nitrogens is 15. The summed E-state index contributed by atoms with van der Waals surface area (Å²) in [6.45, 7) is 14.8. The van der Waals surface area contributed by atoms with Gasteiger partial charge in [0, 0.05) is 140 Å². The SMILES string of the molecule is CC1CCS(=O)(=O)C12CCN(c1cnc(Sc3cccc(Cl)c3Cl)c(N)n1)CC2.C[C@@H]1CCOC12CCN(c1cnc(Sc3cccnc3C(F)(F)F)c(N)n1)CC2.C[C@H]1CCCC12CCN(c1nc(N)c(Sc3cccnc3C(F)(F)F)nc1C(N)=O)CC2.Nc1nc(N2CCC3(CCC[C@@H]3N)CC2)ncc1Sc1cccnc1C(F)(F)F.Nc1nc(N2CCC3(CCC[C@@H]3N)CC2)nnc1Sc1cccnc1C(F)(F)F. The lowest BCUT2D eigenvalue weighted by Crippen LogP contribution is -2.50. The van der Waals surface area contributed by atoms with Gasteiger partial charge in [-0.3, -0.25) is 24.7 Å². The third-order valence-corrected chi connectivity index (χ3v) is 39.7. The average molecular weight is 2220 g/mol. The number of alkyl halides is 12. The summed E-state index contributed by atoms with van der Waals surface area (Å²) >= 11 is 16.7. The molecule has 1 unspecified atom stereocenters. The van der Waals surface area contributed by atoms with E-state index < -0.39 is 68.0 Å². The standard InChI is InChI=1S/C21H25F3N6OS.C19H22Cl2N4O2S2.C19H23F3N6S.C19H22F3N5OS.C18H22F3N7S/c1-12-4-2-6-20(12)7-10-30(11-8-20)18-14(17(26)31)28-19(16(25)29-18)32-13-5-3-9-27-15(13)21(22,23)24;1-12-5-10-29(26,27)19(12)6-8-25(9-7-19)15-11-23-18(17(22)24-15)28-14-4-2-3-13(20)16(14)21;20-19(21,22)15-12(3-2-8-25-15)29-13-11-26-17(27-16(13)24)28-9-6-18(7-10-28)5-1-4-14(18)23;1-12-4-10-28-18(12)5-8-27(9-6-18)14-11-25-17(16(23)26-14)29-13-3-2-7-24-15(13)19(20,21)22;19-18(20,21)13-11(3-2-8-24-13)29-15-14(23)25-16(27-26-15)28-9-6-17(7-10-28)5-1-4-12(17)22/h3,5,9,12H,2,4,6-8,10-11H2,1H3,(H2,25,29)(H2,26,31);2-4,11-12H,5-10H2,1H3,(H2,22,24);2-3,8,11,14H,1,4-7,9-10,23H2,(H2,24,26,27);2-3,7,11-12H,4-6,8-10H2,1H3,(H2,23,26);2-3,8,12H,1,4-7,9-10,22H2,(H2,23,25,27)/t12-;;14-;2*12-/m0.010/s1. The van der Waals surface area contributed by atoms with Gasteiger partial charge in [-0.1, -0.05) is 135 Å². The second-order valence-corrected chi connectivity index (χ2v) is 47.4. The Bertz CT molecular complexity index is 6160. The summed E-state index contributed by atoms with van der Waals surface area (Å²) in [5.74, 6) is 3.99. The number of hydrogen-bond acceptors (Lipinski definition) is 36. The number of primary amides is 1. The van der Waals surface area contributed by atoms with Crippen molar-refractivity contribution >= 4 is 156 Å². The quantitative estimate of drug-likeness (QED) is 0.0416. The van der Waals surface area contributed by atoms with Crippen molar-refractivity contribution in [3.63, 3.8) is 0 Å². The van der Waals surface area contributed by atoms with Crippen LogP contribution in [0.2, 0.25) is 10.0 Å². The Kier molecular flexibility index (Phi) is 34.0. The van der Waals surface area contributed by atoms with E-state index in [0.717, 1.165) is 194 Å². The van der Waals surface area contributed by atoms with Gasteiger partial charge in [-0.25, -0.2) is 43.3 Å². The molecule has 10 fully saturated rings. The lowest BCUT2D eigenvalue weighted by molar-refractivity contribution is -0.144. The van der Waals surface area contributed by atoms with E-state index in [4.69, 9.17) is 73.8 Å². The van der Waals surface area contributed by atoms with Crippen LogP contribution in [0.4, 0.5) is 111 Å². The number of nitrogens with two attached hydrogens (primary N) is 8. The van der Waals surface area contributed by atoms with Gasteiger partial charge in [-0.2, -0.15) is 62.7 Å². The van der Waals surface area contributed by atoms with E-state index in [-0.39, 0.29) is 98.1 Å². The van der Waals surface area contributed by atoms with Crippen LogP contribution < -0.4 is 70.4 Å². The molecule has 3 saturated carbocycles. The molecular weight excluding hydrogens is 2100 g/mol. The number of amides is 1. The molecule has 0 radical (unpaired) electrons. The lowest BCUT2D eigenvalue weighted by Gasteiger charge is -2.43. The Morgan fingerprint density at radius 3 is 1.24 bits per heavy atom. The number of ether oxygens (including phenoxy) is 1. The van der Waals surface area contributed by atoms with Gasteiger partial charge in [0.25, 0.3) is 5.91 Å². The Balaban J connectivity index is 0.000000132. The van der Waals surface area contributed by atoms with Gasteiger partial charge in [0.1, 0.15) is 32.5 Å². The van der Waals surface area contributed by atoms with Crippen LogP contribution in [0, 0.1) is 34.0 Å². The monoisotopic (exact) mass is 2210 g/mol. The lowest BCUT2D eigenvalue weighted by atomic mass is 9.71. The molecule has 1 aromatic carbocycles. The highest BCUT2D eigenvalue weighted by Gasteiger charge is 2.55. The molecule has 52 heteroatoms. The van der Waals surface area contributed by atoms with Crippen molar-refractivity contribution in [2.75, 3.05) is 131 Å². The zero-order valence-electron chi connectivity index (χ0n) is 81.1. The molecule has 148 heavy (non-hydrogen) atoms. The molecule has 3 aliphatic carbocycles. The summed E-state index contributed by atoms with van der Waals surface area (Å²) in [6, 6.07) is 16.9. The average Bonchev–Trinajstić information content (AvgIpc) is 1.60. The number of piperidine rings is 5. The van der Waals surface area contributed by atoms with Crippen LogP contribution in [0.25, 0.3) is 0 Å². The van der Waals surface area contributed by atoms with E-state index in [2.05, 4.69) is 110 Å². The van der Waals surface area contributed by atoms with E-state index in [1.807, 2.05) is 21.9 Å². The predicted molar refractivity (Wildman–Crippen MR) is 547 cm³/mol. The molecule has 20 rings (SSSR count). The molecule has 1 amide bonds. The second-order valence-electron chi connectivity index (χ2n) is 39.0. The van der Waals surface area contributed by atoms with Gasteiger partial charge < -0.3 is 75.1 Å². The van der Waals surface area contributed by atoms with Crippen molar-refractivity contribution in [2.45, 2.75) is 252 Å². The summed E-state index contributed by atoms with van der Waals surface area (Å²) in [5, 5.41) is 9.98. The number of carbonyl (C=O) groups excluding carboxylic acids is 1. The van der Waals surface area contributed by atoms with Gasteiger partial charge in [0.05, 0.1) is 43.4 Å². The zero-order chi connectivity index (χ0) is 106. The number of nitrogen functional groups attached to an aromatic ring is 5. The minimum Gasteiger partial charge on any atom is -0.383 e. The fraction of sp³-hybridized carbons (Fsp3) is 0.521. The number of benzene rings is 1. The Morgan fingerprint density at radius 1 is 0.399 bits per heavy atom. The highest BCUT2D eigenvalue weighted by molar-refractivity contribution is 8.00. The highest BCUT2D eigenvalue weighted by Crippen LogP contribution is 2.55. The first-order valence-corrected chi connectivity index (χ1v) is 55.1. The van der Waals surface area contributed by atoms with Crippen molar-refractivity contribution in [3.05, 3.63) is 149 Å². The van der Waals surface area contributed by atoms with E-state index >= 15 is 0 Å². The van der Waals surface area contributed by atoms with Crippen molar-refractivity contribution in [1.82, 2.24) is 75.0 Å². The smallest absolute Gasteiger partial charge is 0.383 e. The van der Waals surface area contributed by atoms with Gasteiger partial charge >= 0.3 is 24.7 Å². The molecule has 16 heterocycles. The van der Waals surface area contributed by atoms with Crippen LogP contribution in [-0.4, -0.2) is 190 Å². The fourth-order valence-corrected chi connectivity index (χ4v) is 29.2. The topological polar surface area (TPSA) is 478 Å². The number of pyridine rings is 4. The summed E-state index contributed by atoms with van der Waals surface area (Å²) in [5.41, 5.74) is 45.2. The van der Waals surface area contributed by atoms with E-state index in [0.29, 0.717) is 129 Å². The van der Waals surface area contributed by atoms with Gasteiger partial charge in [-0.05, 0) is 204 Å². The first kappa shape index (κ1) is 111. The minimum atomic E-state index is -4.64. The normalized spacial score (nSPS) is 21.7. The Labute approximate surface area is 878 Å². The molecule has 7 aliphatic heterocycles. The van der Waals surface area contributed by atoms with E-state index in [9.17, 15) is 65.9 Å². The van der Waals surface area contributed by atoms with Crippen LogP contribution in [0.15, 0.2) is 160 Å². The third-order valence-electron chi connectivity index (χ3n) is 30.7. The molecular formula is C96H114Cl2F12N28O4S6. The number of carbonyl (C=O) groups is 1. The molecule has 16 N–H and O–H groups in total. The third kappa shape index (κ3) is 24.6. The first-order valence-electron chi connectivity index (χ1n) is 48.6. The van der Waals surface area contributed by atoms with Crippen LogP contribution in [0.3, 0.4) is 0 Å². The van der Waals surface area contributed by atoms with Crippen LogP contribution in [0.1, 0.15) is 189 Å². The van der Waals surface area contributed by atoms with Gasteiger partial charge in [-0.15, -0.1) is 10.2 Å². The fourth-order valence-electron chi connectivity index (χ4n) is 21.8. The van der Waals surface area contributed by atoms with Crippen molar-refractivity contribution in [1.29, 1.82) is 0 Å². The first-order chi connectivity index (χ1) is 70.2. The van der Waals surface area contributed by atoms with Crippen molar-refractivity contribution in [3.8, 4) is 0 Å². The van der Waals surface area contributed by atoms with E-state index in [1.54, 1.807) is 18.5 Å². The van der Waals surface area contributed by atoms with Crippen LogP contribution in [0.5, 0.6) is 0 Å². The molecule has 10 aromatic rings. The maximum absolute atomic E-state index is 13.3. The molecule has 5 atom stereocenters. The Hall–Kier alpha value is -10.1.